The van der Waals surface area contributed by atoms with Gasteiger partial charge < -0.3 is 34.9 Å². The molecule has 0 saturated carbocycles. The molecule has 0 unspecified atom stereocenters. The van der Waals surface area contributed by atoms with E-state index in [4.69, 9.17) is 29.0 Å². The molecular weight excluding hydrogens is 678 g/mol. The van der Waals surface area contributed by atoms with Crippen LogP contribution in [0, 0.1) is 5.92 Å². The van der Waals surface area contributed by atoms with E-state index in [-0.39, 0.29) is 36.6 Å². The van der Waals surface area contributed by atoms with Gasteiger partial charge in [-0.1, -0.05) is 26.3 Å². The molecule has 2 aliphatic rings. The van der Waals surface area contributed by atoms with Crippen molar-refractivity contribution in [1.82, 2.24) is 35.6 Å². The fourth-order valence-corrected chi connectivity index (χ4v) is 6.57. The molecule has 0 spiro atoms. The lowest BCUT2D eigenvalue weighted by atomic mass is 9.97. The number of hydrogen-bond acceptors (Lipinski definition) is 10. The zero-order valence-electron chi connectivity index (χ0n) is 31.7. The lowest BCUT2D eigenvalue weighted by Gasteiger charge is -2.27. The number of nitrogens with zero attached hydrogens (tertiary/aromatic N) is 4. The van der Waals surface area contributed by atoms with Crippen LogP contribution in [0.5, 0.6) is 23.0 Å². The molecule has 0 saturated heterocycles. The molecule has 0 bridgehead atoms. The molecule has 14 nitrogen and oxygen atoms in total. The normalized spacial score (nSPS) is 19.8. The van der Waals surface area contributed by atoms with Crippen molar-refractivity contribution >= 4 is 23.8 Å². The summed E-state index contributed by atoms with van der Waals surface area (Å²) in [5.41, 5.74) is 2.95. The van der Waals surface area contributed by atoms with Gasteiger partial charge in [-0.05, 0) is 79.8 Å². The van der Waals surface area contributed by atoms with Crippen LogP contribution >= 0.6 is 0 Å². The van der Waals surface area contributed by atoms with Crippen LogP contribution in [0.3, 0.4) is 0 Å². The standard InChI is InChI=1S/C39H53N7O7/c1-7-25(2)37-39(49)41-26(3)38-42-34(20-27-11-13-32(51-5)33(19-27)52-6)44-46(38)23-36(48)40-15-9-17-45(16-8-10-35(47)43-37)22-28-18-29-21-30(50-4)12-14-31(29)53-24-28/h11-14,18-19,21,25-26,37H,7-10,15-17,20,22-24H2,1-6H3,(H,40,48)(H,41,49)(H,43,47)/t25-,26+,37-/m0/s1. The SMILES string of the molecule is CC[C@H](C)[C@@H]1NC(=O)CCCN(CC2=Cc3cc(OC)ccc3OC2)CCCNC(=O)Cn2nc(Cc3ccc(OC)c(OC)c3)nc2[C@@H](C)NC1=O. The van der Waals surface area contributed by atoms with Crippen molar-refractivity contribution in [3.8, 4) is 23.0 Å². The number of carbonyl (C=O) groups is 3. The van der Waals surface area contributed by atoms with Gasteiger partial charge in [0.15, 0.2) is 17.3 Å². The molecule has 3 aromatic rings. The van der Waals surface area contributed by atoms with Gasteiger partial charge in [-0.15, -0.1) is 0 Å². The number of fused-ring (bicyclic) bond motifs is 2. The highest BCUT2D eigenvalue weighted by atomic mass is 16.5. The van der Waals surface area contributed by atoms with Gasteiger partial charge in [-0.2, -0.15) is 5.10 Å². The first kappa shape index (κ1) is 39.1. The quantitative estimate of drug-likeness (QED) is 0.297. The van der Waals surface area contributed by atoms with Crippen molar-refractivity contribution in [2.24, 2.45) is 5.92 Å². The fraction of sp³-hybridized carbons (Fsp3) is 0.513. The molecule has 0 fully saturated rings. The Balaban J connectivity index is 1.36. The average Bonchev–Trinajstić information content (AvgIpc) is 3.55. The number of ether oxygens (including phenoxy) is 4. The summed E-state index contributed by atoms with van der Waals surface area (Å²) in [4.78, 5) is 47.4. The smallest absolute Gasteiger partial charge is 0.243 e. The third-order valence-corrected chi connectivity index (χ3v) is 9.67. The highest BCUT2D eigenvalue weighted by Crippen LogP contribution is 2.31. The lowest BCUT2D eigenvalue weighted by Crippen LogP contribution is -2.51. The van der Waals surface area contributed by atoms with Gasteiger partial charge in [0, 0.05) is 38.0 Å². The summed E-state index contributed by atoms with van der Waals surface area (Å²) < 4.78 is 23.8. The van der Waals surface area contributed by atoms with Crippen LogP contribution in [0.25, 0.3) is 6.08 Å². The van der Waals surface area contributed by atoms with Gasteiger partial charge in [0.05, 0.1) is 27.4 Å². The van der Waals surface area contributed by atoms with Crippen LogP contribution in [0.2, 0.25) is 0 Å². The lowest BCUT2D eigenvalue weighted by molar-refractivity contribution is -0.130. The van der Waals surface area contributed by atoms with E-state index < -0.39 is 12.1 Å². The highest BCUT2D eigenvalue weighted by Gasteiger charge is 2.29. The number of methoxy groups -OCH3 is 3. The van der Waals surface area contributed by atoms with Crippen molar-refractivity contribution in [1.29, 1.82) is 0 Å². The predicted molar refractivity (Wildman–Crippen MR) is 200 cm³/mol. The van der Waals surface area contributed by atoms with Crippen LogP contribution in [0.1, 0.15) is 75.3 Å². The van der Waals surface area contributed by atoms with E-state index in [1.54, 1.807) is 32.9 Å². The first-order valence-corrected chi connectivity index (χ1v) is 18.3. The maximum absolute atomic E-state index is 13.7. The number of nitrogens with one attached hydrogen (secondary N) is 3. The number of rotatable bonds is 9. The second kappa shape index (κ2) is 18.6. The van der Waals surface area contributed by atoms with Crippen molar-refractivity contribution in [3.63, 3.8) is 0 Å². The summed E-state index contributed by atoms with van der Waals surface area (Å²) in [7, 11) is 4.80. The first-order chi connectivity index (χ1) is 25.6. The third kappa shape index (κ3) is 10.5. The van der Waals surface area contributed by atoms with Gasteiger partial charge in [0.1, 0.15) is 36.5 Å². The molecule has 3 atom stereocenters. The van der Waals surface area contributed by atoms with Crippen LogP contribution in [0.15, 0.2) is 42.0 Å². The van der Waals surface area contributed by atoms with Crippen LogP contribution in [-0.2, 0) is 27.3 Å². The van der Waals surface area contributed by atoms with Gasteiger partial charge in [0.25, 0.3) is 0 Å². The fourth-order valence-electron chi connectivity index (χ4n) is 6.57. The summed E-state index contributed by atoms with van der Waals surface area (Å²) >= 11 is 0. The molecule has 14 heteroatoms. The van der Waals surface area contributed by atoms with Crippen LogP contribution < -0.4 is 34.9 Å². The largest absolute Gasteiger partial charge is 0.497 e. The summed E-state index contributed by atoms with van der Waals surface area (Å²) in [6.07, 6.45) is 4.77. The van der Waals surface area contributed by atoms with E-state index in [0.29, 0.717) is 81.6 Å². The molecule has 0 aliphatic carbocycles. The summed E-state index contributed by atoms with van der Waals surface area (Å²) in [6, 6.07) is 10.0. The zero-order chi connectivity index (χ0) is 37.9. The molecule has 3 heterocycles. The van der Waals surface area contributed by atoms with E-state index in [2.05, 4.69) is 26.9 Å². The van der Waals surface area contributed by atoms with E-state index >= 15 is 0 Å². The van der Waals surface area contributed by atoms with E-state index in [1.807, 2.05) is 50.2 Å². The summed E-state index contributed by atoms with van der Waals surface area (Å²) in [6.45, 7) is 8.59. The number of hydrogen-bond donors (Lipinski definition) is 3. The number of carbonyl (C=O) groups excluding carboxylic acids is 3. The predicted octanol–water partition coefficient (Wildman–Crippen LogP) is 3.68. The molecule has 286 valence electrons. The molecule has 2 aromatic carbocycles. The Morgan fingerprint density at radius 1 is 0.962 bits per heavy atom. The van der Waals surface area contributed by atoms with E-state index in [9.17, 15) is 14.4 Å². The van der Waals surface area contributed by atoms with Gasteiger partial charge in [-0.25, -0.2) is 9.67 Å². The number of aromatic nitrogens is 3. The maximum Gasteiger partial charge on any atom is 0.243 e. The van der Waals surface area contributed by atoms with E-state index in [0.717, 1.165) is 28.2 Å². The Kier molecular flexibility index (Phi) is 13.7. The third-order valence-electron chi connectivity index (χ3n) is 9.67. The highest BCUT2D eigenvalue weighted by molar-refractivity contribution is 5.88. The topological polar surface area (TPSA) is 158 Å². The Labute approximate surface area is 311 Å². The molecule has 5 rings (SSSR count). The Hall–Kier alpha value is -5.11. The average molecular weight is 732 g/mol. The van der Waals surface area contributed by atoms with Gasteiger partial charge in [-0.3, -0.25) is 19.3 Å². The Bertz CT molecular complexity index is 1770. The zero-order valence-corrected chi connectivity index (χ0v) is 31.7. The van der Waals surface area contributed by atoms with Crippen LogP contribution in [0.4, 0.5) is 0 Å². The van der Waals surface area contributed by atoms with Gasteiger partial charge in [0.2, 0.25) is 17.7 Å². The Morgan fingerprint density at radius 3 is 2.51 bits per heavy atom. The molecule has 3 N–H and O–H groups in total. The summed E-state index contributed by atoms with van der Waals surface area (Å²) in [5.74, 6) is 2.87. The number of benzene rings is 2. The second-order valence-electron chi connectivity index (χ2n) is 13.6. The molecule has 1 aromatic heterocycles. The second-order valence-corrected chi connectivity index (χ2v) is 13.6. The molecular formula is C39H53N7O7. The maximum atomic E-state index is 13.7. The minimum atomic E-state index is -0.738. The van der Waals surface area contributed by atoms with Crippen molar-refractivity contribution in [3.05, 3.63) is 64.7 Å². The molecule has 53 heavy (non-hydrogen) atoms. The van der Waals surface area contributed by atoms with Crippen molar-refractivity contribution in [2.45, 2.75) is 71.5 Å². The minimum Gasteiger partial charge on any atom is -0.497 e. The minimum absolute atomic E-state index is 0.0726. The number of amides is 3. The molecule has 3 amide bonds. The van der Waals surface area contributed by atoms with Crippen molar-refractivity contribution < 1.29 is 33.3 Å². The van der Waals surface area contributed by atoms with E-state index in [1.165, 1.54) is 0 Å². The van der Waals surface area contributed by atoms with Gasteiger partial charge >= 0.3 is 0 Å². The monoisotopic (exact) mass is 731 g/mol. The molecule has 0 radical (unpaired) electrons. The summed E-state index contributed by atoms with van der Waals surface area (Å²) in [5, 5.41) is 13.8. The van der Waals surface area contributed by atoms with Crippen LogP contribution in [-0.4, -0.2) is 97.5 Å². The first-order valence-electron chi connectivity index (χ1n) is 18.3. The Morgan fingerprint density at radius 2 is 1.75 bits per heavy atom. The van der Waals surface area contributed by atoms with Crippen molar-refractivity contribution in [2.75, 3.05) is 54.1 Å². The molecule has 2 aliphatic heterocycles.